The van der Waals surface area contributed by atoms with Crippen molar-refractivity contribution < 1.29 is 24.5 Å². The van der Waals surface area contributed by atoms with Crippen LogP contribution >= 0.6 is 0 Å². The Labute approximate surface area is 338 Å². The van der Waals surface area contributed by atoms with Gasteiger partial charge >= 0.3 is 169 Å². The monoisotopic (exact) mass is 951 g/mol. The molecule has 0 N–H and O–H groups in total. The number of furan rings is 1. The number of hydrogen-bond acceptors (Lipinski definition) is 3. The Bertz CT molecular complexity index is 2980. The molecule has 3 nitrogen and oxygen atoms in total. The molecule has 10 aromatic rings. The van der Waals surface area contributed by atoms with Crippen molar-refractivity contribution in [3.63, 3.8) is 0 Å². The Morgan fingerprint density at radius 2 is 1.22 bits per heavy atom. The number of pyridine rings is 2. The van der Waals surface area contributed by atoms with Gasteiger partial charge in [-0.05, 0) is 23.1 Å². The second kappa shape index (κ2) is 14.8. The quantitative estimate of drug-likeness (QED) is 0.100. The Morgan fingerprint density at radius 1 is 0.564 bits per heavy atom. The predicted octanol–water partition coefficient (Wildman–Crippen LogP) is 13.3. The van der Waals surface area contributed by atoms with Crippen molar-refractivity contribution >= 4 is 82.7 Å². The van der Waals surface area contributed by atoms with E-state index in [-0.39, 0.29) is 20.1 Å². The van der Waals surface area contributed by atoms with Crippen molar-refractivity contribution in [3.05, 3.63) is 164 Å². The van der Waals surface area contributed by atoms with Crippen molar-refractivity contribution in [2.75, 3.05) is 0 Å². The van der Waals surface area contributed by atoms with Crippen LogP contribution in [0.3, 0.4) is 0 Å². The van der Waals surface area contributed by atoms with Crippen molar-refractivity contribution in [2.45, 2.75) is 37.0 Å². The van der Waals surface area contributed by atoms with Gasteiger partial charge in [-0.2, -0.15) is 0 Å². The third-order valence-corrected chi connectivity index (χ3v) is 14.9. The van der Waals surface area contributed by atoms with Gasteiger partial charge in [-0.1, -0.05) is 72.8 Å². The molecule has 3 aromatic heterocycles. The van der Waals surface area contributed by atoms with Crippen LogP contribution in [-0.4, -0.2) is 23.2 Å². The zero-order valence-electron chi connectivity index (χ0n) is 31.6. The molecule has 0 saturated heterocycles. The van der Waals surface area contributed by atoms with Crippen LogP contribution in [0.25, 0.3) is 87.5 Å². The largest absolute Gasteiger partial charge is 0 e. The minimum absolute atomic E-state index is 0. The summed E-state index contributed by atoms with van der Waals surface area (Å²) in [5.41, 5.74) is 6.93. The summed E-state index contributed by atoms with van der Waals surface area (Å²) in [5, 5.41) is 12.2. The van der Waals surface area contributed by atoms with Gasteiger partial charge in [-0.25, -0.2) is 0 Å². The maximum absolute atomic E-state index is 6.38. The molecular formula is C50H40GeIrN2O-2. The van der Waals surface area contributed by atoms with Crippen LogP contribution in [0.15, 0.2) is 150 Å². The standard InChI is InChI=1S/C26H22GeN.C24H18NO.Ir/c1-27(2,3)19-13-15-26(28-17-19)18-12-14-24-22-10-5-4-8-20(22)21-9-6-7-11-23(21)25(24)16-18;1-15(2)17-12-13-25-22(14-17)21-9-5-8-19-20-11-10-16-6-3-4-7-18(16)23(20)26-24(19)21;/h4-11,13-17H,1-3H3;3-8,10-15H,1-2H3;/q2*-1;. The summed E-state index contributed by atoms with van der Waals surface area (Å²) in [6.07, 6.45) is 3.95. The summed E-state index contributed by atoms with van der Waals surface area (Å²) in [6, 6.07) is 53.9. The van der Waals surface area contributed by atoms with Crippen LogP contribution in [0.5, 0.6) is 0 Å². The molecule has 0 unspecified atom stereocenters. The maximum Gasteiger partial charge on any atom is 0 e. The van der Waals surface area contributed by atoms with Gasteiger partial charge in [0.1, 0.15) is 5.58 Å². The molecule has 7 aromatic carbocycles. The molecule has 10 rings (SSSR count). The smallest absolute Gasteiger partial charge is 0 e. The van der Waals surface area contributed by atoms with E-state index < -0.39 is 13.3 Å². The summed E-state index contributed by atoms with van der Waals surface area (Å²) < 4.78 is 7.81. The van der Waals surface area contributed by atoms with Gasteiger partial charge in [0.15, 0.2) is 0 Å². The Hall–Kier alpha value is -5.13. The second-order valence-electron chi connectivity index (χ2n) is 15.4. The van der Waals surface area contributed by atoms with Gasteiger partial charge in [0.25, 0.3) is 0 Å². The molecule has 0 spiro atoms. The third kappa shape index (κ3) is 6.78. The summed E-state index contributed by atoms with van der Waals surface area (Å²) in [4.78, 5) is 9.36. The number of nitrogens with zero attached hydrogens (tertiary/aromatic N) is 2. The summed E-state index contributed by atoms with van der Waals surface area (Å²) >= 11 is -1.85. The summed E-state index contributed by atoms with van der Waals surface area (Å²) in [7, 11) is 0. The van der Waals surface area contributed by atoms with E-state index in [9.17, 15) is 0 Å². The zero-order chi connectivity index (χ0) is 37.0. The van der Waals surface area contributed by atoms with E-state index in [0.717, 1.165) is 49.8 Å². The Kier molecular flexibility index (Phi) is 9.94. The molecule has 0 atom stereocenters. The molecule has 0 fully saturated rings. The molecule has 271 valence electrons. The molecule has 0 aliphatic carbocycles. The van der Waals surface area contributed by atoms with Crippen LogP contribution in [0.2, 0.25) is 17.3 Å². The minimum atomic E-state index is -1.85. The topological polar surface area (TPSA) is 38.9 Å². The second-order valence-corrected chi connectivity index (χ2v) is 26.1. The average Bonchev–Trinajstić information content (AvgIpc) is 3.60. The Morgan fingerprint density at radius 3 is 1.89 bits per heavy atom. The van der Waals surface area contributed by atoms with Crippen molar-refractivity contribution in [3.8, 4) is 22.5 Å². The molecule has 0 aliphatic rings. The van der Waals surface area contributed by atoms with Crippen LogP contribution in [-0.2, 0) is 20.1 Å². The first-order chi connectivity index (χ1) is 26.2. The number of hydrogen-bond donors (Lipinski definition) is 0. The number of benzene rings is 7. The van der Waals surface area contributed by atoms with Crippen LogP contribution < -0.4 is 4.40 Å². The average molecular weight is 950 g/mol. The number of fused-ring (bicyclic) bond motifs is 11. The zero-order valence-corrected chi connectivity index (χ0v) is 36.1. The van der Waals surface area contributed by atoms with E-state index in [2.05, 4.69) is 182 Å². The van der Waals surface area contributed by atoms with E-state index >= 15 is 0 Å². The van der Waals surface area contributed by atoms with Gasteiger partial charge in [0, 0.05) is 37.1 Å². The predicted molar refractivity (Wildman–Crippen MR) is 231 cm³/mol. The molecule has 5 heteroatoms. The molecular weight excluding hydrogens is 909 g/mol. The molecule has 3 heterocycles. The normalized spacial score (nSPS) is 11.7. The molecule has 0 aliphatic heterocycles. The van der Waals surface area contributed by atoms with E-state index in [1.165, 1.54) is 47.7 Å². The number of rotatable bonds is 4. The minimum Gasteiger partial charge on any atom is 0 e. The van der Waals surface area contributed by atoms with E-state index in [4.69, 9.17) is 9.40 Å². The first-order valence-electron chi connectivity index (χ1n) is 18.7. The SMILES string of the molecule is CC(C)c1ccnc(-c2[c-]ccc3c2oc2c4ccccc4ccc32)c1.[CH3][Ge]([CH3])([CH3])[c]1ccc(-c2[c-]cc3c4ccccc4c4ccccc4c3c2)nc1.[Ir]. The molecule has 1 radical (unpaired) electrons. The van der Waals surface area contributed by atoms with Crippen LogP contribution in [0.4, 0.5) is 0 Å². The third-order valence-electron chi connectivity index (χ3n) is 10.6. The van der Waals surface area contributed by atoms with E-state index in [1.807, 2.05) is 12.3 Å². The van der Waals surface area contributed by atoms with Crippen molar-refractivity contribution in [1.82, 2.24) is 9.97 Å². The van der Waals surface area contributed by atoms with Gasteiger partial charge < -0.3 is 9.40 Å². The fourth-order valence-corrected chi connectivity index (χ4v) is 9.76. The van der Waals surface area contributed by atoms with Gasteiger partial charge in [0.05, 0.1) is 5.58 Å². The number of aromatic nitrogens is 2. The molecule has 55 heavy (non-hydrogen) atoms. The van der Waals surface area contributed by atoms with Gasteiger partial charge in [-0.15, -0.1) is 18.2 Å². The maximum atomic E-state index is 6.38. The van der Waals surface area contributed by atoms with E-state index in [1.54, 1.807) is 0 Å². The Balaban J connectivity index is 0.000000153. The van der Waals surface area contributed by atoms with Crippen molar-refractivity contribution in [1.29, 1.82) is 0 Å². The van der Waals surface area contributed by atoms with Crippen LogP contribution in [0.1, 0.15) is 25.3 Å². The summed E-state index contributed by atoms with van der Waals surface area (Å²) in [6.45, 7) is 4.38. The summed E-state index contributed by atoms with van der Waals surface area (Å²) in [5.74, 6) is 7.65. The molecule has 0 bridgehead atoms. The fraction of sp³-hybridized carbons (Fsp3) is 0.120. The first-order valence-corrected chi connectivity index (χ1v) is 26.0. The van der Waals surface area contributed by atoms with Gasteiger partial charge in [0.2, 0.25) is 0 Å². The van der Waals surface area contributed by atoms with E-state index in [0.29, 0.717) is 5.92 Å². The first kappa shape index (κ1) is 36.8. The van der Waals surface area contributed by atoms with Crippen LogP contribution in [0, 0.1) is 12.1 Å². The molecule has 0 saturated carbocycles. The van der Waals surface area contributed by atoms with Gasteiger partial charge in [-0.3, -0.25) is 0 Å². The molecule has 0 amide bonds. The van der Waals surface area contributed by atoms with Crippen molar-refractivity contribution in [2.24, 2.45) is 0 Å². The fourth-order valence-electron chi connectivity index (χ4n) is 7.59.